The Balaban J connectivity index is 2.66. The summed E-state index contributed by atoms with van der Waals surface area (Å²) in [6, 6.07) is 10.2. The van der Waals surface area contributed by atoms with Crippen LogP contribution in [0.5, 0.6) is 0 Å². The summed E-state index contributed by atoms with van der Waals surface area (Å²) in [7, 11) is 1.41. The maximum absolute atomic E-state index is 12.0. The maximum atomic E-state index is 12.0. The first-order valence-electron chi connectivity index (χ1n) is 6.92. The lowest BCUT2D eigenvalue weighted by Crippen LogP contribution is -2.02. The highest BCUT2D eigenvalue weighted by atomic mass is 16.5. The molecule has 0 heterocycles. The van der Waals surface area contributed by atoms with Crippen molar-refractivity contribution >= 4 is 5.97 Å². The van der Waals surface area contributed by atoms with Crippen molar-refractivity contribution in [2.75, 3.05) is 13.7 Å². The molecule has 3 heteroatoms. The summed E-state index contributed by atoms with van der Waals surface area (Å²) in [4.78, 5) is 12.0. The molecule has 0 aromatic heterocycles. The van der Waals surface area contributed by atoms with Crippen molar-refractivity contribution in [3.8, 4) is 11.1 Å². The molecular weight excluding hydrogens is 250 g/mol. The van der Waals surface area contributed by atoms with Gasteiger partial charge in [-0.05, 0) is 47.2 Å². The van der Waals surface area contributed by atoms with Crippen molar-refractivity contribution in [3.63, 3.8) is 0 Å². The molecule has 0 radical (unpaired) electrons. The second-order valence-corrected chi connectivity index (χ2v) is 5.27. The molecule has 0 spiro atoms. The Bertz CT molecular complexity index is 590. The molecule has 0 bridgehead atoms. The topological polar surface area (TPSA) is 52.3 Å². The molecule has 2 aliphatic rings. The summed E-state index contributed by atoms with van der Waals surface area (Å²) < 4.78 is 4.90. The second kappa shape index (κ2) is 6.06. The number of fused-ring (bicyclic) bond motifs is 1. The number of carbonyl (C=O) groups excluding carboxylic acids is 1. The third kappa shape index (κ3) is 2.68. The Hall–Kier alpha value is -1.87. The fraction of sp³-hybridized carbons (Fsp3) is 0.353. The van der Waals surface area contributed by atoms with Crippen LogP contribution in [-0.4, -0.2) is 19.6 Å². The molecule has 2 N–H and O–H groups in total. The number of hydrogen-bond donors (Lipinski definition) is 1. The third-order valence-electron chi connectivity index (χ3n) is 3.59. The molecule has 0 aromatic carbocycles. The standard InChI is InChI=1S/C17H21NO2/c1-11(2)12-5-4-6-14-13(7-8-18)10-16(15(14)9-12)17(19)20-3/h4-6,9-11H,7-8,18H2,1-3H3. The number of ether oxygens (including phenoxy) is 1. The van der Waals surface area contributed by atoms with Gasteiger partial charge < -0.3 is 10.5 Å². The van der Waals surface area contributed by atoms with Crippen molar-refractivity contribution in [2.45, 2.75) is 26.2 Å². The zero-order valence-electron chi connectivity index (χ0n) is 12.3. The van der Waals surface area contributed by atoms with E-state index in [-0.39, 0.29) is 5.97 Å². The highest BCUT2D eigenvalue weighted by Crippen LogP contribution is 2.34. The Morgan fingerprint density at radius 2 is 2.00 bits per heavy atom. The normalized spacial score (nSPS) is 11.1. The summed E-state index contributed by atoms with van der Waals surface area (Å²) in [5.74, 6) is 0.114. The number of rotatable bonds is 4. The van der Waals surface area contributed by atoms with Crippen LogP contribution in [0.2, 0.25) is 0 Å². The second-order valence-electron chi connectivity index (χ2n) is 5.27. The molecular formula is C17H21NO2. The van der Waals surface area contributed by atoms with Crippen LogP contribution >= 0.6 is 0 Å². The first-order valence-corrected chi connectivity index (χ1v) is 6.92. The first-order chi connectivity index (χ1) is 9.58. The Labute approximate surface area is 120 Å². The largest absolute Gasteiger partial charge is 0.465 e. The molecule has 2 rings (SSSR count). The van der Waals surface area contributed by atoms with Gasteiger partial charge in [0.25, 0.3) is 0 Å². The van der Waals surface area contributed by atoms with Gasteiger partial charge in [-0.2, -0.15) is 0 Å². The van der Waals surface area contributed by atoms with Crippen LogP contribution in [0.3, 0.4) is 0 Å². The lowest BCUT2D eigenvalue weighted by atomic mass is 10.0. The zero-order valence-corrected chi connectivity index (χ0v) is 12.3. The van der Waals surface area contributed by atoms with Crippen LogP contribution in [0.25, 0.3) is 11.1 Å². The van der Waals surface area contributed by atoms with Gasteiger partial charge in [0.2, 0.25) is 0 Å². The van der Waals surface area contributed by atoms with Crippen molar-refractivity contribution < 1.29 is 9.53 Å². The highest BCUT2D eigenvalue weighted by Gasteiger charge is 2.20. The minimum Gasteiger partial charge on any atom is -0.465 e. The highest BCUT2D eigenvalue weighted by molar-refractivity contribution is 6.00. The van der Waals surface area contributed by atoms with Gasteiger partial charge in [-0.1, -0.05) is 38.1 Å². The van der Waals surface area contributed by atoms with Gasteiger partial charge in [-0.15, -0.1) is 0 Å². The van der Waals surface area contributed by atoms with Gasteiger partial charge in [0, 0.05) is 0 Å². The van der Waals surface area contributed by atoms with Crippen molar-refractivity contribution in [1.29, 1.82) is 0 Å². The molecule has 3 nitrogen and oxygen atoms in total. The molecule has 0 unspecified atom stereocenters. The molecule has 0 aliphatic heterocycles. The van der Waals surface area contributed by atoms with Crippen molar-refractivity contribution in [3.05, 3.63) is 47.0 Å². The van der Waals surface area contributed by atoms with E-state index in [1.165, 1.54) is 12.7 Å². The molecule has 20 heavy (non-hydrogen) atoms. The molecule has 0 aromatic rings. The van der Waals surface area contributed by atoms with Gasteiger partial charge in [-0.25, -0.2) is 4.79 Å². The van der Waals surface area contributed by atoms with Crippen molar-refractivity contribution in [2.24, 2.45) is 5.73 Å². The molecule has 0 saturated heterocycles. The fourth-order valence-corrected chi connectivity index (χ4v) is 2.47. The first kappa shape index (κ1) is 14.5. The van der Waals surface area contributed by atoms with Crippen LogP contribution in [0.4, 0.5) is 0 Å². The van der Waals surface area contributed by atoms with Crippen LogP contribution < -0.4 is 5.73 Å². The van der Waals surface area contributed by atoms with E-state index in [1.807, 2.05) is 12.1 Å². The monoisotopic (exact) mass is 271 g/mol. The third-order valence-corrected chi connectivity index (χ3v) is 3.59. The number of hydrogen-bond acceptors (Lipinski definition) is 3. The van der Waals surface area contributed by atoms with Crippen LogP contribution in [-0.2, 0) is 11.2 Å². The average Bonchev–Trinajstić information content (AvgIpc) is 2.63. The summed E-state index contributed by atoms with van der Waals surface area (Å²) in [5.41, 5.74) is 10.6. The lowest BCUT2D eigenvalue weighted by molar-refractivity contribution is 0.0602. The molecule has 0 atom stereocenters. The minimum atomic E-state index is -0.292. The Morgan fingerprint density at radius 3 is 2.60 bits per heavy atom. The van der Waals surface area contributed by atoms with Gasteiger partial charge in [-0.3, -0.25) is 0 Å². The quantitative estimate of drug-likeness (QED) is 0.869. The van der Waals surface area contributed by atoms with Crippen LogP contribution in [0.15, 0.2) is 30.3 Å². The van der Waals surface area contributed by atoms with Gasteiger partial charge in [0.15, 0.2) is 0 Å². The number of esters is 1. The fourth-order valence-electron chi connectivity index (χ4n) is 2.47. The summed E-state index contributed by atoms with van der Waals surface area (Å²) in [6.45, 7) is 4.85. The van der Waals surface area contributed by atoms with Gasteiger partial charge in [0.1, 0.15) is 0 Å². The van der Waals surface area contributed by atoms with E-state index in [4.69, 9.17) is 10.5 Å². The minimum absolute atomic E-state index is 0.292. The van der Waals surface area contributed by atoms with E-state index in [0.717, 1.165) is 23.1 Å². The summed E-state index contributed by atoms with van der Waals surface area (Å²) in [5, 5.41) is 0. The molecule has 0 fully saturated rings. The van der Waals surface area contributed by atoms with Crippen LogP contribution in [0, 0.1) is 0 Å². The van der Waals surface area contributed by atoms with E-state index in [2.05, 4.69) is 32.0 Å². The molecule has 0 saturated carbocycles. The predicted molar refractivity (Wildman–Crippen MR) is 81.3 cm³/mol. The Kier molecular flexibility index (Phi) is 4.40. The van der Waals surface area contributed by atoms with E-state index in [1.54, 1.807) is 0 Å². The molecule has 0 amide bonds. The van der Waals surface area contributed by atoms with Gasteiger partial charge in [0.05, 0.1) is 12.7 Å². The van der Waals surface area contributed by atoms with E-state index in [9.17, 15) is 4.79 Å². The lowest BCUT2D eigenvalue weighted by Gasteiger charge is -2.04. The van der Waals surface area contributed by atoms with Crippen LogP contribution in [0.1, 0.15) is 41.3 Å². The van der Waals surface area contributed by atoms with E-state index < -0.39 is 0 Å². The van der Waals surface area contributed by atoms with E-state index >= 15 is 0 Å². The zero-order chi connectivity index (χ0) is 14.7. The smallest absolute Gasteiger partial charge is 0.338 e. The number of methoxy groups -OCH3 is 1. The Morgan fingerprint density at radius 1 is 1.25 bits per heavy atom. The SMILES string of the molecule is COC(=O)c1cc(CCN)c2cccc(C(C)C)cc1-2. The number of carbonyl (C=O) groups is 1. The predicted octanol–water partition coefficient (Wildman–Crippen LogP) is 3.20. The van der Waals surface area contributed by atoms with Gasteiger partial charge >= 0.3 is 5.97 Å². The summed E-state index contributed by atoms with van der Waals surface area (Å²) >= 11 is 0. The summed E-state index contributed by atoms with van der Waals surface area (Å²) in [6.07, 6.45) is 0.758. The molecule has 2 aliphatic carbocycles. The number of nitrogens with two attached hydrogens (primary N) is 1. The molecule has 106 valence electrons. The maximum Gasteiger partial charge on any atom is 0.338 e. The van der Waals surface area contributed by atoms with Crippen molar-refractivity contribution in [1.82, 2.24) is 0 Å². The van der Waals surface area contributed by atoms with E-state index in [0.29, 0.717) is 18.0 Å². The average molecular weight is 271 g/mol.